The van der Waals surface area contributed by atoms with Crippen molar-refractivity contribution < 1.29 is 14.3 Å². The molecule has 2 fully saturated rings. The summed E-state index contributed by atoms with van der Waals surface area (Å²) in [5.41, 5.74) is 1.12. The zero-order valence-corrected chi connectivity index (χ0v) is 14.3. The number of carbonyl (C=O) groups is 2. The zero-order valence-electron chi connectivity index (χ0n) is 14.3. The number of hydrogen-bond donors (Lipinski definition) is 0. The minimum Gasteiger partial charge on any atom is -0.465 e. The van der Waals surface area contributed by atoms with E-state index in [-0.39, 0.29) is 36.3 Å². The zero-order chi connectivity index (χ0) is 16.9. The van der Waals surface area contributed by atoms with Gasteiger partial charge in [-0.25, -0.2) is 0 Å². The van der Waals surface area contributed by atoms with E-state index < -0.39 is 0 Å². The summed E-state index contributed by atoms with van der Waals surface area (Å²) < 4.78 is 5.08. The van der Waals surface area contributed by atoms with Crippen molar-refractivity contribution in [2.24, 2.45) is 5.92 Å². The second kappa shape index (κ2) is 7.77. The number of amides is 1. The number of carbonyl (C=O) groups excluding carboxylic acids is 2. The van der Waals surface area contributed by atoms with Gasteiger partial charge in [-0.1, -0.05) is 25.3 Å². The first-order chi connectivity index (χ1) is 11.7. The fourth-order valence-electron chi connectivity index (χ4n) is 3.77. The van der Waals surface area contributed by atoms with Crippen LogP contribution in [-0.2, 0) is 14.3 Å². The highest BCUT2D eigenvalue weighted by Gasteiger charge is 2.47. The third kappa shape index (κ3) is 3.94. The number of pyridine rings is 1. The van der Waals surface area contributed by atoms with Gasteiger partial charge in [0.25, 0.3) is 0 Å². The molecule has 2 aliphatic rings. The highest BCUT2D eigenvalue weighted by molar-refractivity contribution is 5.86. The van der Waals surface area contributed by atoms with Crippen LogP contribution in [0.2, 0.25) is 0 Å². The summed E-state index contributed by atoms with van der Waals surface area (Å²) in [7, 11) is 0. The second-order valence-corrected chi connectivity index (χ2v) is 6.80. The minimum absolute atomic E-state index is 0.00875. The second-order valence-electron chi connectivity index (χ2n) is 6.80. The van der Waals surface area contributed by atoms with E-state index in [1.165, 1.54) is 6.42 Å². The van der Waals surface area contributed by atoms with Crippen molar-refractivity contribution in [2.45, 2.75) is 57.4 Å². The lowest BCUT2D eigenvalue weighted by Gasteiger charge is -2.34. The Hall–Kier alpha value is -1.91. The lowest BCUT2D eigenvalue weighted by Crippen LogP contribution is -2.45. The third-order valence-corrected chi connectivity index (χ3v) is 5.12. The first kappa shape index (κ1) is 16.9. The van der Waals surface area contributed by atoms with E-state index in [0.717, 1.165) is 37.7 Å². The number of hydrogen-bond acceptors (Lipinski definition) is 4. The SMILES string of the molecule is CCOC(=O)CN(C(=O)[C@H]1C[C@H]1c1cccnc1)C1CCCCC1. The van der Waals surface area contributed by atoms with Gasteiger partial charge in [-0.3, -0.25) is 14.6 Å². The highest BCUT2D eigenvalue weighted by atomic mass is 16.5. The molecule has 130 valence electrons. The summed E-state index contributed by atoms with van der Waals surface area (Å²) >= 11 is 0. The molecule has 2 atom stereocenters. The average molecular weight is 330 g/mol. The van der Waals surface area contributed by atoms with Crippen molar-refractivity contribution in [3.8, 4) is 0 Å². The molecule has 0 N–H and O–H groups in total. The molecular weight excluding hydrogens is 304 g/mol. The maximum absolute atomic E-state index is 13.0. The molecule has 0 radical (unpaired) electrons. The first-order valence-electron chi connectivity index (χ1n) is 9.06. The largest absolute Gasteiger partial charge is 0.465 e. The van der Waals surface area contributed by atoms with Gasteiger partial charge in [0.15, 0.2) is 0 Å². The van der Waals surface area contributed by atoms with Crippen LogP contribution in [0, 0.1) is 5.92 Å². The van der Waals surface area contributed by atoms with Crippen LogP contribution in [0.5, 0.6) is 0 Å². The van der Waals surface area contributed by atoms with Crippen molar-refractivity contribution in [1.29, 1.82) is 0 Å². The molecule has 2 aliphatic carbocycles. The Labute approximate surface area is 143 Å². The molecule has 1 aromatic heterocycles. The Morgan fingerprint density at radius 2 is 2.08 bits per heavy atom. The molecule has 0 bridgehead atoms. The Morgan fingerprint density at radius 3 is 2.75 bits per heavy atom. The lowest BCUT2D eigenvalue weighted by atomic mass is 9.93. The topological polar surface area (TPSA) is 59.5 Å². The van der Waals surface area contributed by atoms with Gasteiger partial charge in [-0.2, -0.15) is 0 Å². The lowest BCUT2D eigenvalue weighted by molar-refractivity contribution is -0.151. The van der Waals surface area contributed by atoms with E-state index >= 15 is 0 Å². The maximum atomic E-state index is 13.0. The molecular formula is C19H26N2O3. The third-order valence-electron chi connectivity index (χ3n) is 5.12. The summed E-state index contributed by atoms with van der Waals surface area (Å²) in [4.78, 5) is 30.9. The summed E-state index contributed by atoms with van der Waals surface area (Å²) in [6.45, 7) is 2.24. The molecule has 0 saturated heterocycles. The van der Waals surface area contributed by atoms with Gasteiger partial charge in [0, 0.05) is 24.4 Å². The van der Waals surface area contributed by atoms with Crippen LogP contribution in [0.25, 0.3) is 0 Å². The highest BCUT2D eigenvalue weighted by Crippen LogP contribution is 2.48. The predicted octanol–water partition coefficient (Wildman–Crippen LogP) is 2.91. The Kier molecular flexibility index (Phi) is 5.48. The van der Waals surface area contributed by atoms with E-state index in [2.05, 4.69) is 4.98 Å². The van der Waals surface area contributed by atoms with Crippen LogP contribution in [0.3, 0.4) is 0 Å². The van der Waals surface area contributed by atoms with Crippen LogP contribution >= 0.6 is 0 Å². The fraction of sp³-hybridized carbons (Fsp3) is 0.632. The molecule has 0 unspecified atom stereocenters. The van der Waals surface area contributed by atoms with Gasteiger partial charge < -0.3 is 9.64 Å². The molecule has 5 nitrogen and oxygen atoms in total. The number of ether oxygens (including phenoxy) is 1. The number of rotatable bonds is 6. The molecule has 1 heterocycles. The Balaban J connectivity index is 1.68. The van der Waals surface area contributed by atoms with Crippen LogP contribution in [0.15, 0.2) is 24.5 Å². The summed E-state index contributed by atoms with van der Waals surface area (Å²) in [5.74, 6) is 0.0591. The minimum atomic E-state index is -0.296. The van der Waals surface area contributed by atoms with E-state index in [1.54, 1.807) is 18.0 Å². The summed E-state index contributed by atoms with van der Waals surface area (Å²) in [6.07, 6.45) is 9.93. The van der Waals surface area contributed by atoms with Crippen molar-refractivity contribution in [3.05, 3.63) is 30.1 Å². The van der Waals surface area contributed by atoms with Gasteiger partial charge in [-0.05, 0) is 43.7 Å². The molecule has 3 rings (SSSR count). The molecule has 1 aromatic rings. The van der Waals surface area contributed by atoms with Crippen molar-refractivity contribution in [2.75, 3.05) is 13.2 Å². The van der Waals surface area contributed by atoms with E-state index in [9.17, 15) is 9.59 Å². The van der Waals surface area contributed by atoms with Gasteiger partial charge in [-0.15, -0.1) is 0 Å². The average Bonchev–Trinajstić information content (AvgIpc) is 3.42. The number of esters is 1. The molecule has 0 aliphatic heterocycles. The van der Waals surface area contributed by atoms with Gasteiger partial charge in [0.2, 0.25) is 5.91 Å². The van der Waals surface area contributed by atoms with E-state index in [1.807, 2.05) is 18.3 Å². The smallest absolute Gasteiger partial charge is 0.325 e. The molecule has 0 aromatic carbocycles. The normalized spacial score (nSPS) is 23.5. The van der Waals surface area contributed by atoms with Crippen LogP contribution in [-0.4, -0.2) is 41.0 Å². The van der Waals surface area contributed by atoms with Crippen LogP contribution < -0.4 is 0 Å². The fourth-order valence-corrected chi connectivity index (χ4v) is 3.77. The van der Waals surface area contributed by atoms with Crippen molar-refractivity contribution in [3.63, 3.8) is 0 Å². The van der Waals surface area contributed by atoms with E-state index in [0.29, 0.717) is 6.61 Å². The quantitative estimate of drug-likeness (QED) is 0.753. The van der Waals surface area contributed by atoms with Crippen molar-refractivity contribution in [1.82, 2.24) is 9.88 Å². The van der Waals surface area contributed by atoms with Gasteiger partial charge >= 0.3 is 5.97 Å². The monoisotopic (exact) mass is 330 g/mol. The van der Waals surface area contributed by atoms with Gasteiger partial charge in [0.1, 0.15) is 6.54 Å². The Bertz CT molecular complexity index is 569. The predicted molar refractivity (Wildman–Crippen MR) is 90.3 cm³/mol. The molecule has 1 amide bonds. The number of nitrogens with zero attached hydrogens (tertiary/aromatic N) is 2. The summed E-state index contributed by atoms with van der Waals surface area (Å²) in [5, 5.41) is 0. The van der Waals surface area contributed by atoms with Crippen LogP contribution in [0.1, 0.15) is 56.9 Å². The molecule has 5 heteroatoms. The Morgan fingerprint density at radius 1 is 1.29 bits per heavy atom. The summed E-state index contributed by atoms with van der Waals surface area (Å²) in [6, 6.07) is 4.12. The maximum Gasteiger partial charge on any atom is 0.325 e. The van der Waals surface area contributed by atoms with Gasteiger partial charge in [0.05, 0.1) is 6.61 Å². The van der Waals surface area contributed by atoms with Crippen molar-refractivity contribution >= 4 is 11.9 Å². The van der Waals surface area contributed by atoms with Crippen LogP contribution in [0.4, 0.5) is 0 Å². The molecule has 24 heavy (non-hydrogen) atoms. The standard InChI is InChI=1S/C19H26N2O3/c1-2-24-18(22)13-21(15-8-4-3-5-9-15)19(23)17-11-16(17)14-7-6-10-20-12-14/h6-7,10,12,15-17H,2-5,8-9,11,13H2,1H3/t16-,17-/m0/s1. The number of aromatic nitrogens is 1. The molecule has 0 spiro atoms. The first-order valence-corrected chi connectivity index (χ1v) is 9.06. The molecule has 2 saturated carbocycles. The van der Waals surface area contributed by atoms with E-state index in [4.69, 9.17) is 4.74 Å².